The van der Waals surface area contributed by atoms with Crippen LogP contribution in [0, 0.1) is 12.5 Å². The number of nitrogen functional groups attached to an aromatic ring is 1. The molecule has 0 radical (unpaired) electrons. The molecule has 1 saturated heterocycles. The summed E-state index contributed by atoms with van der Waals surface area (Å²) >= 11 is 0. The molecule has 0 bridgehead atoms. The maximum atomic E-state index is 13.9. The normalized spacial score (nSPS) is 28.0. The standard InChI is InChI=1S/C11H11F2N3O4/c1-2-19-5-6-8(17)11(12,13)9(20-6)16-4-3-7(14)15-10(16)18/h1,3-4,6,8-9,17H,5H2,(H2,14,15,18)/t6-,8?,9-/m1/s1. The zero-order valence-corrected chi connectivity index (χ0v) is 10.1. The van der Waals surface area contributed by atoms with Gasteiger partial charge in [0.1, 0.15) is 24.6 Å². The Morgan fingerprint density at radius 2 is 2.40 bits per heavy atom. The molecule has 3 atom stereocenters. The summed E-state index contributed by atoms with van der Waals surface area (Å²) in [6.07, 6.45) is 2.09. The smallest absolute Gasteiger partial charge is 0.351 e. The van der Waals surface area contributed by atoms with Crippen molar-refractivity contribution in [3.63, 3.8) is 0 Å². The Hall–Kier alpha value is -2.18. The number of halogens is 2. The van der Waals surface area contributed by atoms with Crippen LogP contribution in [0.3, 0.4) is 0 Å². The van der Waals surface area contributed by atoms with Gasteiger partial charge in [0.15, 0.2) is 6.10 Å². The Labute approximate surface area is 111 Å². The van der Waals surface area contributed by atoms with Gasteiger partial charge in [-0.3, -0.25) is 4.57 Å². The molecule has 0 amide bonds. The molecule has 1 aliphatic rings. The molecule has 1 unspecified atom stereocenters. The SMILES string of the molecule is C#COC[C@H]1O[C@@H](n2ccc(N)nc2=O)C(F)(F)C1O. The van der Waals surface area contributed by atoms with E-state index in [4.69, 9.17) is 16.9 Å². The number of nitrogens with zero attached hydrogens (tertiary/aromatic N) is 2. The molecule has 2 heterocycles. The van der Waals surface area contributed by atoms with Crippen LogP contribution in [0.15, 0.2) is 17.1 Å². The van der Waals surface area contributed by atoms with E-state index in [1.165, 1.54) is 6.07 Å². The monoisotopic (exact) mass is 287 g/mol. The molecular weight excluding hydrogens is 276 g/mol. The highest BCUT2D eigenvalue weighted by molar-refractivity contribution is 5.23. The van der Waals surface area contributed by atoms with Gasteiger partial charge in [0.05, 0.1) is 0 Å². The Bertz CT molecular complexity index is 598. The number of alkyl halides is 2. The number of anilines is 1. The van der Waals surface area contributed by atoms with E-state index in [0.29, 0.717) is 4.57 Å². The number of rotatable bonds is 3. The number of terminal acetylenes is 1. The fourth-order valence-electron chi connectivity index (χ4n) is 1.84. The summed E-state index contributed by atoms with van der Waals surface area (Å²) in [5, 5.41) is 9.54. The Kier molecular flexibility index (Phi) is 3.61. The molecule has 0 spiro atoms. The van der Waals surface area contributed by atoms with E-state index in [1.54, 1.807) is 6.11 Å². The van der Waals surface area contributed by atoms with Gasteiger partial charge in [-0.1, -0.05) is 6.42 Å². The van der Waals surface area contributed by atoms with E-state index >= 15 is 0 Å². The summed E-state index contributed by atoms with van der Waals surface area (Å²) in [7, 11) is 0. The number of hydrogen-bond donors (Lipinski definition) is 2. The van der Waals surface area contributed by atoms with Gasteiger partial charge in [-0.25, -0.2) is 4.79 Å². The van der Waals surface area contributed by atoms with Gasteiger partial charge in [0.25, 0.3) is 0 Å². The van der Waals surface area contributed by atoms with E-state index in [-0.39, 0.29) is 5.82 Å². The quantitative estimate of drug-likeness (QED) is 0.715. The Morgan fingerprint density at radius 1 is 1.70 bits per heavy atom. The minimum absolute atomic E-state index is 0.111. The summed E-state index contributed by atoms with van der Waals surface area (Å²) in [6, 6.07) is 1.17. The van der Waals surface area contributed by atoms with Crippen LogP contribution in [0.1, 0.15) is 6.23 Å². The third-order valence-electron chi connectivity index (χ3n) is 2.81. The summed E-state index contributed by atoms with van der Waals surface area (Å²) in [5.74, 6) is -3.81. The van der Waals surface area contributed by atoms with Gasteiger partial charge in [-0.05, 0) is 6.07 Å². The van der Waals surface area contributed by atoms with Crippen LogP contribution in [0.25, 0.3) is 0 Å². The van der Waals surface area contributed by atoms with E-state index in [2.05, 4.69) is 9.72 Å². The van der Waals surface area contributed by atoms with Crippen molar-refractivity contribution >= 4 is 5.82 Å². The lowest BCUT2D eigenvalue weighted by molar-refractivity contribution is -0.140. The van der Waals surface area contributed by atoms with Crippen molar-refractivity contribution in [3.8, 4) is 12.5 Å². The largest absolute Gasteiger partial charge is 0.444 e. The topological polar surface area (TPSA) is 99.6 Å². The van der Waals surface area contributed by atoms with Crippen LogP contribution in [0.5, 0.6) is 0 Å². The fourth-order valence-corrected chi connectivity index (χ4v) is 1.84. The molecule has 2 rings (SSSR count). The first-order valence-electron chi connectivity index (χ1n) is 5.51. The summed E-state index contributed by atoms with van der Waals surface area (Å²) < 4.78 is 37.9. The molecule has 0 aromatic carbocycles. The van der Waals surface area contributed by atoms with Crippen LogP contribution in [-0.4, -0.2) is 39.4 Å². The number of ether oxygens (including phenoxy) is 2. The molecule has 20 heavy (non-hydrogen) atoms. The molecular formula is C11H11F2N3O4. The minimum Gasteiger partial charge on any atom is -0.444 e. The first-order chi connectivity index (χ1) is 9.37. The second-order valence-corrected chi connectivity index (χ2v) is 4.12. The van der Waals surface area contributed by atoms with Crippen LogP contribution in [-0.2, 0) is 9.47 Å². The molecule has 0 aliphatic carbocycles. The van der Waals surface area contributed by atoms with Crippen molar-refractivity contribution < 1.29 is 23.4 Å². The lowest BCUT2D eigenvalue weighted by Crippen LogP contribution is -2.41. The van der Waals surface area contributed by atoms with Crippen LogP contribution >= 0.6 is 0 Å². The van der Waals surface area contributed by atoms with Gasteiger partial charge in [0.2, 0.25) is 6.23 Å². The van der Waals surface area contributed by atoms with Gasteiger partial charge < -0.3 is 20.3 Å². The molecule has 1 aromatic heterocycles. The van der Waals surface area contributed by atoms with E-state index in [0.717, 1.165) is 6.20 Å². The van der Waals surface area contributed by atoms with E-state index in [9.17, 15) is 18.7 Å². The summed E-state index contributed by atoms with van der Waals surface area (Å²) in [5.41, 5.74) is 4.26. The average molecular weight is 287 g/mol. The number of aromatic nitrogens is 2. The molecule has 1 aliphatic heterocycles. The highest BCUT2D eigenvalue weighted by Crippen LogP contribution is 2.42. The third-order valence-corrected chi connectivity index (χ3v) is 2.81. The van der Waals surface area contributed by atoms with Crippen molar-refractivity contribution in [1.82, 2.24) is 9.55 Å². The lowest BCUT2D eigenvalue weighted by Gasteiger charge is -2.20. The van der Waals surface area contributed by atoms with Crippen molar-refractivity contribution in [2.75, 3.05) is 12.3 Å². The highest BCUT2D eigenvalue weighted by Gasteiger charge is 2.59. The van der Waals surface area contributed by atoms with Crippen LogP contribution in [0.4, 0.5) is 14.6 Å². The summed E-state index contributed by atoms with van der Waals surface area (Å²) in [6.45, 7) is -0.430. The van der Waals surface area contributed by atoms with Crippen LogP contribution < -0.4 is 11.4 Å². The number of aliphatic hydroxyl groups is 1. The van der Waals surface area contributed by atoms with Crippen molar-refractivity contribution in [2.24, 2.45) is 0 Å². The molecule has 1 aromatic rings. The second-order valence-electron chi connectivity index (χ2n) is 4.12. The second kappa shape index (κ2) is 5.07. The zero-order valence-electron chi connectivity index (χ0n) is 10.1. The summed E-state index contributed by atoms with van der Waals surface area (Å²) in [4.78, 5) is 14.9. The van der Waals surface area contributed by atoms with Crippen LogP contribution in [0.2, 0.25) is 0 Å². The van der Waals surface area contributed by atoms with E-state index in [1.807, 2.05) is 0 Å². The van der Waals surface area contributed by atoms with Gasteiger partial charge >= 0.3 is 11.6 Å². The average Bonchev–Trinajstić information content (AvgIpc) is 2.60. The van der Waals surface area contributed by atoms with E-state index < -0.39 is 36.7 Å². The molecule has 1 fully saturated rings. The zero-order chi connectivity index (χ0) is 14.9. The third kappa shape index (κ3) is 2.31. The van der Waals surface area contributed by atoms with Gasteiger partial charge in [-0.15, -0.1) is 0 Å². The first kappa shape index (κ1) is 14.2. The number of nitrogens with two attached hydrogens (primary N) is 1. The minimum atomic E-state index is -3.70. The fraction of sp³-hybridized carbons (Fsp3) is 0.455. The molecule has 0 saturated carbocycles. The molecule has 108 valence electrons. The Balaban J connectivity index is 2.32. The lowest BCUT2D eigenvalue weighted by atomic mass is 10.1. The maximum absolute atomic E-state index is 13.9. The molecule has 7 nitrogen and oxygen atoms in total. The molecule has 3 N–H and O–H groups in total. The predicted molar refractivity (Wildman–Crippen MR) is 62.6 cm³/mol. The van der Waals surface area contributed by atoms with Gasteiger partial charge in [0, 0.05) is 6.20 Å². The van der Waals surface area contributed by atoms with Crippen molar-refractivity contribution in [1.29, 1.82) is 0 Å². The maximum Gasteiger partial charge on any atom is 0.351 e. The van der Waals surface area contributed by atoms with Crippen molar-refractivity contribution in [3.05, 3.63) is 22.7 Å². The van der Waals surface area contributed by atoms with Gasteiger partial charge in [-0.2, -0.15) is 13.8 Å². The highest BCUT2D eigenvalue weighted by atomic mass is 19.3. The Morgan fingerprint density at radius 3 is 3.00 bits per heavy atom. The predicted octanol–water partition coefficient (Wildman–Crippen LogP) is -0.674. The number of aliphatic hydroxyl groups excluding tert-OH is 1. The first-order valence-corrected chi connectivity index (χ1v) is 5.51. The van der Waals surface area contributed by atoms with Crippen molar-refractivity contribution in [2.45, 2.75) is 24.4 Å². The number of hydrogen-bond acceptors (Lipinski definition) is 6. The molecule has 9 heteroatoms.